The highest BCUT2D eigenvalue weighted by Crippen LogP contribution is 2.22. The predicted molar refractivity (Wildman–Crippen MR) is 66.7 cm³/mol. The number of aliphatic hydroxyl groups excluding tert-OH is 1. The smallest absolute Gasteiger partial charge is 0.0606 e. The Morgan fingerprint density at radius 1 is 1.38 bits per heavy atom. The van der Waals surface area contributed by atoms with Crippen LogP contribution in [0.4, 0.5) is 5.69 Å². The van der Waals surface area contributed by atoms with E-state index in [9.17, 15) is 0 Å². The van der Waals surface area contributed by atoms with E-state index in [1.54, 1.807) is 0 Å². The van der Waals surface area contributed by atoms with Gasteiger partial charge in [0.15, 0.2) is 0 Å². The molecule has 0 spiro atoms. The summed E-state index contributed by atoms with van der Waals surface area (Å²) in [5.74, 6) is 0. The molecular formula is C13H20N2O. The minimum absolute atomic E-state index is 0.195. The zero-order valence-electron chi connectivity index (χ0n) is 9.82. The fourth-order valence-electron chi connectivity index (χ4n) is 1.84. The molecule has 1 fully saturated rings. The van der Waals surface area contributed by atoms with E-state index in [2.05, 4.69) is 28.4 Å². The molecule has 1 saturated carbocycles. The lowest BCUT2D eigenvalue weighted by molar-refractivity contribution is 0.304. The van der Waals surface area contributed by atoms with Gasteiger partial charge in [-0.3, -0.25) is 0 Å². The minimum Gasteiger partial charge on any atom is -0.395 e. The van der Waals surface area contributed by atoms with Crippen LogP contribution in [0, 0.1) is 0 Å². The van der Waals surface area contributed by atoms with E-state index in [0.29, 0.717) is 6.54 Å². The van der Waals surface area contributed by atoms with Gasteiger partial charge in [-0.1, -0.05) is 18.2 Å². The van der Waals surface area contributed by atoms with Gasteiger partial charge in [-0.05, 0) is 24.5 Å². The second-order valence-electron chi connectivity index (χ2n) is 4.43. The molecule has 0 aliphatic heterocycles. The summed E-state index contributed by atoms with van der Waals surface area (Å²) in [5, 5.41) is 12.5. The van der Waals surface area contributed by atoms with Crippen LogP contribution in [-0.4, -0.2) is 31.3 Å². The van der Waals surface area contributed by atoms with Crippen molar-refractivity contribution in [2.45, 2.75) is 25.4 Å². The molecule has 3 heteroatoms. The number of hydrogen-bond acceptors (Lipinski definition) is 3. The van der Waals surface area contributed by atoms with Crippen molar-refractivity contribution in [3.8, 4) is 0 Å². The fraction of sp³-hybridized carbons (Fsp3) is 0.538. The van der Waals surface area contributed by atoms with E-state index in [4.69, 9.17) is 5.11 Å². The number of likely N-dealkylation sites (N-methyl/N-ethyl adjacent to an activating group) is 1. The van der Waals surface area contributed by atoms with Crippen LogP contribution >= 0.6 is 0 Å². The highest BCUT2D eigenvalue weighted by molar-refractivity contribution is 5.53. The molecule has 1 aliphatic rings. The molecule has 0 radical (unpaired) electrons. The Labute approximate surface area is 97.1 Å². The summed E-state index contributed by atoms with van der Waals surface area (Å²) in [4.78, 5) is 2.10. The first kappa shape index (κ1) is 11.4. The first-order chi connectivity index (χ1) is 7.81. The molecule has 0 heterocycles. The van der Waals surface area contributed by atoms with Gasteiger partial charge < -0.3 is 15.3 Å². The number of para-hydroxylation sites is 1. The number of nitrogens with one attached hydrogen (secondary N) is 1. The van der Waals surface area contributed by atoms with Gasteiger partial charge in [0.2, 0.25) is 0 Å². The molecular weight excluding hydrogens is 200 g/mol. The lowest BCUT2D eigenvalue weighted by atomic mass is 10.1. The molecule has 0 unspecified atom stereocenters. The minimum atomic E-state index is 0.195. The van der Waals surface area contributed by atoms with Gasteiger partial charge in [0.05, 0.1) is 6.61 Å². The standard InChI is InChI=1S/C13H20N2O/c1-15(8-9-16)13-5-3-2-4-11(13)10-14-12-6-7-12/h2-5,12,14,16H,6-10H2,1H3. The van der Waals surface area contributed by atoms with Crippen LogP contribution in [0.2, 0.25) is 0 Å². The quantitative estimate of drug-likeness (QED) is 0.760. The van der Waals surface area contributed by atoms with Crippen LogP contribution in [0.3, 0.4) is 0 Å². The molecule has 2 N–H and O–H groups in total. The van der Waals surface area contributed by atoms with Crippen molar-refractivity contribution in [2.24, 2.45) is 0 Å². The fourth-order valence-corrected chi connectivity index (χ4v) is 1.84. The van der Waals surface area contributed by atoms with Crippen LogP contribution < -0.4 is 10.2 Å². The Morgan fingerprint density at radius 2 is 2.12 bits per heavy atom. The molecule has 1 aliphatic carbocycles. The summed E-state index contributed by atoms with van der Waals surface area (Å²) in [6.07, 6.45) is 2.63. The van der Waals surface area contributed by atoms with E-state index in [1.807, 2.05) is 13.1 Å². The Kier molecular flexibility index (Phi) is 3.80. The zero-order chi connectivity index (χ0) is 11.4. The number of rotatable bonds is 6. The van der Waals surface area contributed by atoms with Gasteiger partial charge in [-0.2, -0.15) is 0 Å². The van der Waals surface area contributed by atoms with Crippen LogP contribution in [0.25, 0.3) is 0 Å². The molecule has 1 aromatic rings. The van der Waals surface area contributed by atoms with Crippen molar-refractivity contribution in [1.82, 2.24) is 5.32 Å². The Morgan fingerprint density at radius 3 is 2.81 bits per heavy atom. The molecule has 2 rings (SSSR count). The average Bonchev–Trinajstić information content (AvgIpc) is 3.11. The first-order valence-electron chi connectivity index (χ1n) is 5.94. The summed E-state index contributed by atoms with van der Waals surface area (Å²) < 4.78 is 0. The molecule has 88 valence electrons. The van der Waals surface area contributed by atoms with Crippen molar-refractivity contribution >= 4 is 5.69 Å². The van der Waals surface area contributed by atoms with Gasteiger partial charge in [0.1, 0.15) is 0 Å². The van der Waals surface area contributed by atoms with E-state index >= 15 is 0 Å². The predicted octanol–water partition coefficient (Wildman–Crippen LogP) is 1.37. The molecule has 0 aromatic heterocycles. The van der Waals surface area contributed by atoms with E-state index in [-0.39, 0.29) is 6.61 Å². The summed E-state index contributed by atoms with van der Waals surface area (Å²) >= 11 is 0. The summed E-state index contributed by atoms with van der Waals surface area (Å²) in [6.45, 7) is 1.80. The summed E-state index contributed by atoms with van der Waals surface area (Å²) in [6, 6.07) is 9.11. The Balaban J connectivity index is 2.02. The molecule has 16 heavy (non-hydrogen) atoms. The Bertz CT molecular complexity index is 336. The molecule has 0 amide bonds. The van der Waals surface area contributed by atoms with Crippen molar-refractivity contribution < 1.29 is 5.11 Å². The SMILES string of the molecule is CN(CCO)c1ccccc1CNC1CC1. The number of aliphatic hydroxyl groups is 1. The van der Waals surface area contributed by atoms with Crippen molar-refractivity contribution in [1.29, 1.82) is 0 Å². The third kappa shape index (κ3) is 2.97. The third-order valence-electron chi connectivity index (χ3n) is 3.00. The van der Waals surface area contributed by atoms with Crippen LogP contribution in [0.1, 0.15) is 18.4 Å². The van der Waals surface area contributed by atoms with Crippen molar-refractivity contribution in [3.63, 3.8) is 0 Å². The maximum absolute atomic E-state index is 8.96. The first-order valence-corrected chi connectivity index (χ1v) is 5.94. The lowest BCUT2D eigenvalue weighted by Gasteiger charge is -2.21. The highest BCUT2D eigenvalue weighted by Gasteiger charge is 2.20. The van der Waals surface area contributed by atoms with Crippen molar-refractivity contribution in [3.05, 3.63) is 29.8 Å². The zero-order valence-corrected chi connectivity index (χ0v) is 9.82. The second kappa shape index (κ2) is 5.32. The topological polar surface area (TPSA) is 35.5 Å². The van der Waals surface area contributed by atoms with E-state index in [0.717, 1.165) is 12.6 Å². The highest BCUT2D eigenvalue weighted by atomic mass is 16.3. The van der Waals surface area contributed by atoms with E-state index in [1.165, 1.54) is 24.1 Å². The third-order valence-corrected chi connectivity index (χ3v) is 3.00. The largest absolute Gasteiger partial charge is 0.395 e. The van der Waals surface area contributed by atoms with Crippen molar-refractivity contribution in [2.75, 3.05) is 25.1 Å². The monoisotopic (exact) mass is 220 g/mol. The van der Waals surface area contributed by atoms with E-state index < -0.39 is 0 Å². The maximum Gasteiger partial charge on any atom is 0.0606 e. The molecule has 0 bridgehead atoms. The number of benzene rings is 1. The van der Waals surface area contributed by atoms with Crippen LogP contribution in [0.5, 0.6) is 0 Å². The number of hydrogen-bond donors (Lipinski definition) is 2. The number of anilines is 1. The summed E-state index contributed by atoms with van der Waals surface area (Å²) in [7, 11) is 2.02. The number of nitrogens with zero attached hydrogens (tertiary/aromatic N) is 1. The van der Waals surface area contributed by atoms with Crippen LogP contribution in [-0.2, 0) is 6.54 Å². The molecule has 0 saturated heterocycles. The van der Waals surface area contributed by atoms with Gasteiger partial charge in [-0.15, -0.1) is 0 Å². The lowest BCUT2D eigenvalue weighted by Crippen LogP contribution is -2.24. The molecule has 3 nitrogen and oxygen atoms in total. The maximum atomic E-state index is 8.96. The average molecular weight is 220 g/mol. The van der Waals surface area contributed by atoms with Gasteiger partial charge in [0, 0.05) is 31.9 Å². The Hall–Kier alpha value is -1.06. The molecule has 0 atom stereocenters. The second-order valence-corrected chi connectivity index (χ2v) is 4.43. The summed E-state index contributed by atoms with van der Waals surface area (Å²) in [5.41, 5.74) is 2.52. The normalized spacial score (nSPS) is 15.1. The van der Waals surface area contributed by atoms with Gasteiger partial charge >= 0.3 is 0 Å². The molecule has 1 aromatic carbocycles. The van der Waals surface area contributed by atoms with Gasteiger partial charge in [0.25, 0.3) is 0 Å². The van der Waals surface area contributed by atoms with Gasteiger partial charge in [-0.25, -0.2) is 0 Å². The van der Waals surface area contributed by atoms with Crippen LogP contribution in [0.15, 0.2) is 24.3 Å².